The molecule has 4 heteroatoms. The van der Waals surface area contributed by atoms with Crippen molar-refractivity contribution in [1.82, 2.24) is 10.6 Å². The SMILES string of the molecule is C[NH+](C)CCNC(=S)NC1C2CC3CC(C2)CC1C3. The first-order valence-corrected chi connectivity index (χ1v) is 8.36. The Hall–Kier alpha value is -0.350. The molecular formula is C15H28N3S+. The van der Waals surface area contributed by atoms with E-state index in [0.29, 0.717) is 6.04 Å². The predicted molar refractivity (Wildman–Crippen MR) is 82.2 cm³/mol. The number of thiocarbonyl (C=S) groups is 1. The summed E-state index contributed by atoms with van der Waals surface area (Å²) in [5.74, 6) is 3.88. The van der Waals surface area contributed by atoms with E-state index in [2.05, 4.69) is 24.7 Å². The number of hydrogen-bond acceptors (Lipinski definition) is 1. The molecule has 0 heterocycles. The van der Waals surface area contributed by atoms with Crippen molar-refractivity contribution in [2.24, 2.45) is 23.7 Å². The summed E-state index contributed by atoms with van der Waals surface area (Å²) in [5.41, 5.74) is 0. The number of likely N-dealkylation sites (N-methyl/N-ethyl adjacent to an activating group) is 1. The Bertz CT molecular complexity index is 314. The molecule has 3 N–H and O–H groups in total. The summed E-state index contributed by atoms with van der Waals surface area (Å²) in [5, 5.41) is 7.91. The molecule has 4 bridgehead atoms. The molecule has 19 heavy (non-hydrogen) atoms. The fraction of sp³-hybridized carbons (Fsp3) is 0.933. The van der Waals surface area contributed by atoms with E-state index in [1.54, 1.807) is 0 Å². The van der Waals surface area contributed by atoms with Gasteiger partial charge in [0.15, 0.2) is 5.11 Å². The van der Waals surface area contributed by atoms with Crippen LogP contribution in [0.4, 0.5) is 0 Å². The first-order valence-electron chi connectivity index (χ1n) is 7.95. The van der Waals surface area contributed by atoms with E-state index in [1.165, 1.54) is 37.0 Å². The fourth-order valence-corrected chi connectivity index (χ4v) is 5.03. The van der Waals surface area contributed by atoms with Crippen LogP contribution in [0, 0.1) is 23.7 Å². The summed E-state index contributed by atoms with van der Waals surface area (Å²) in [6.45, 7) is 2.09. The highest BCUT2D eigenvalue weighted by atomic mass is 32.1. The van der Waals surface area contributed by atoms with Crippen LogP contribution in [0.1, 0.15) is 32.1 Å². The number of nitrogens with one attached hydrogen (secondary N) is 3. The molecule has 0 saturated heterocycles. The highest BCUT2D eigenvalue weighted by Crippen LogP contribution is 2.53. The predicted octanol–water partition coefficient (Wildman–Crippen LogP) is 0.420. The van der Waals surface area contributed by atoms with E-state index in [1.807, 2.05) is 0 Å². The van der Waals surface area contributed by atoms with Crippen molar-refractivity contribution >= 4 is 17.3 Å². The van der Waals surface area contributed by atoms with Crippen LogP contribution in [-0.2, 0) is 0 Å². The van der Waals surface area contributed by atoms with Crippen molar-refractivity contribution < 1.29 is 4.90 Å². The molecule has 108 valence electrons. The van der Waals surface area contributed by atoms with E-state index >= 15 is 0 Å². The van der Waals surface area contributed by atoms with Crippen LogP contribution in [0.5, 0.6) is 0 Å². The first kappa shape index (κ1) is 13.6. The van der Waals surface area contributed by atoms with Crippen LogP contribution < -0.4 is 15.5 Å². The Morgan fingerprint density at radius 3 is 2.16 bits per heavy atom. The van der Waals surface area contributed by atoms with Gasteiger partial charge < -0.3 is 15.5 Å². The molecule has 4 aliphatic carbocycles. The largest absolute Gasteiger partial charge is 0.359 e. The maximum Gasteiger partial charge on any atom is 0.166 e. The van der Waals surface area contributed by atoms with E-state index < -0.39 is 0 Å². The second kappa shape index (κ2) is 5.57. The summed E-state index contributed by atoms with van der Waals surface area (Å²) in [4.78, 5) is 1.46. The van der Waals surface area contributed by atoms with Gasteiger partial charge in [-0.1, -0.05) is 0 Å². The Morgan fingerprint density at radius 1 is 1.05 bits per heavy atom. The molecule has 0 spiro atoms. The summed E-state index contributed by atoms with van der Waals surface area (Å²) >= 11 is 5.47. The summed E-state index contributed by atoms with van der Waals surface area (Å²) < 4.78 is 0. The van der Waals surface area contributed by atoms with Crippen molar-refractivity contribution in [3.05, 3.63) is 0 Å². The van der Waals surface area contributed by atoms with E-state index in [0.717, 1.165) is 41.9 Å². The van der Waals surface area contributed by atoms with Gasteiger partial charge in [0.2, 0.25) is 0 Å². The number of hydrogen-bond donors (Lipinski definition) is 3. The minimum absolute atomic E-state index is 0.666. The van der Waals surface area contributed by atoms with Gasteiger partial charge >= 0.3 is 0 Å². The van der Waals surface area contributed by atoms with Gasteiger partial charge in [0.05, 0.1) is 27.2 Å². The third-order valence-electron chi connectivity index (χ3n) is 5.44. The standard InChI is InChI=1S/C15H27N3S/c1-18(2)4-3-16-15(19)17-14-12-6-10-5-11(8-12)9-13(14)7-10/h10-14H,3-9H2,1-2H3,(H2,16,17,19)/p+1. The van der Waals surface area contributed by atoms with Crippen molar-refractivity contribution in [2.45, 2.75) is 38.1 Å². The molecule has 0 aromatic heterocycles. The topological polar surface area (TPSA) is 28.5 Å². The van der Waals surface area contributed by atoms with Gasteiger partial charge in [-0.3, -0.25) is 0 Å². The molecule has 3 nitrogen and oxygen atoms in total. The lowest BCUT2D eigenvalue weighted by atomic mass is 9.54. The molecule has 0 aromatic carbocycles. The fourth-order valence-electron chi connectivity index (χ4n) is 4.79. The maximum atomic E-state index is 5.47. The minimum Gasteiger partial charge on any atom is -0.359 e. The third kappa shape index (κ3) is 3.05. The zero-order valence-electron chi connectivity index (χ0n) is 12.2. The monoisotopic (exact) mass is 282 g/mol. The molecule has 4 rings (SSSR count). The van der Waals surface area contributed by atoms with E-state index in [4.69, 9.17) is 12.2 Å². The first-order chi connectivity index (χ1) is 9.11. The smallest absolute Gasteiger partial charge is 0.166 e. The zero-order valence-corrected chi connectivity index (χ0v) is 13.1. The van der Waals surface area contributed by atoms with Gasteiger partial charge in [0.1, 0.15) is 0 Å². The quantitative estimate of drug-likeness (QED) is 0.653. The van der Waals surface area contributed by atoms with E-state index in [-0.39, 0.29) is 0 Å². The average Bonchev–Trinajstić information content (AvgIpc) is 2.32. The lowest BCUT2D eigenvalue weighted by Crippen LogP contribution is -3.06. The lowest BCUT2D eigenvalue weighted by molar-refractivity contribution is -0.856. The molecule has 0 radical (unpaired) electrons. The van der Waals surface area contributed by atoms with Crippen LogP contribution in [0.25, 0.3) is 0 Å². The Balaban J connectivity index is 1.48. The second-order valence-corrected chi connectivity index (χ2v) is 7.72. The number of quaternary nitrogens is 1. The average molecular weight is 282 g/mol. The normalized spacial score (nSPS) is 39.6. The molecule has 4 fully saturated rings. The highest BCUT2D eigenvalue weighted by molar-refractivity contribution is 7.80. The molecule has 0 atom stereocenters. The minimum atomic E-state index is 0.666. The molecule has 0 aliphatic heterocycles. The summed E-state index contributed by atoms with van der Waals surface area (Å²) in [6, 6.07) is 0.666. The lowest BCUT2D eigenvalue weighted by Gasteiger charge is -2.54. The molecule has 0 amide bonds. The molecule has 0 aromatic rings. The summed E-state index contributed by atoms with van der Waals surface area (Å²) in [7, 11) is 4.35. The Kier molecular flexibility index (Phi) is 3.99. The van der Waals surface area contributed by atoms with Gasteiger partial charge in [0.25, 0.3) is 0 Å². The van der Waals surface area contributed by atoms with Crippen LogP contribution >= 0.6 is 12.2 Å². The van der Waals surface area contributed by atoms with Crippen LogP contribution in [0.2, 0.25) is 0 Å². The summed E-state index contributed by atoms with van der Waals surface area (Å²) in [6.07, 6.45) is 7.34. The molecular weight excluding hydrogens is 254 g/mol. The van der Waals surface area contributed by atoms with Crippen LogP contribution in [-0.4, -0.2) is 38.3 Å². The van der Waals surface area contributed by atoms with Gasteiger partial charge in [-0.05, 0) is 68.0 Å². The zero-order chi connectivity index (χ0) is 13.4. The van der Waals surface area contributed by atoms with Gasteiger partial charge in [-0.25, -0.2) is 0 Å². The molecule has 4 saturated carbocycles. The van der Waals surface area contributed by atoms with Gasteiger partial charge in [-0.2, -0.15) is 0 Å². The third-order valence-corrected chi connectivity index (χ3v) is 5.70. The highest BCUT2D eigenvalue weighted by Gasteiger charge is 2.48. The molecule has 0 unspecified atom stereocenters. The van der Waals surface area contributed by atoms with Crippen molar-refractivity contribution in [2.75, 3.05) is 27.2 Å². The van der Waals surface area contributed by atoms with Gasteiger partial charge in [-0.15, -0.1) is 0 Å². The Morgan fingerprint density at radius 2 is 1.63 bits per heavy atom. The van der Waals surface area contributed by atoms with Crippen LogP contribution in [0.15, 0.2) is 0 Å². The molecule has 4 aliphatic rings. The van der Waals surface area contributed by atoms with Crippen molar-refractivity contribution in [1.29, 1.82) is 0 Å². The van der Waals surface area contributed by atoms with Crippen molar-refractivity contribution in [3.8, 4) is 0 Å². The van der Waals surface area contributed by atoms with Gasteiger partial charge in [0, 0.05) is 6.04 Å². The van der Waals surface area contributed by atoms with E-state index in [9.17, 15) is 0 Å². The van der Waals surface area contributed by atoms with Crippen LogP contribution in [0.3, 0.4) is 0 Å². The number of rotatable bonds is 4. The second-order valence-electron chi connectivity index (χ2n) is 7.31. The maximum absolute atomic E-state index is 5.47. The van der Waals surface area contributed by atoms with Crippen molar-refractivity contribution in [3.63, 3.8) is 0 Å². The Labute approximate surface area is 122 Å².